The summed E-state index contributed by atoms with van der Waals surface area (Å²) in [6.45, 7) is 19.8. The van der Waals surface area contributed by atoms with Crippen molar-refractivity contribution in [1.82, 2.24) is 26.6 Å². The molecule has 0 radical (unpaired) electrons. The van der Waals surface area contributed by atoms with Crippen molar-refractivity contribution in [3.63, 3.8) is 0 Å². The molecule has 5 N–H and O–H groups in total. The van der Waals surface area contributed by atoms with E-state index in [9.17, 15) is 57.5 Å². The minimum absolute atomic E-state index is 0.0235. The molecule has 5 aliphatic rings. The highest BCUT2D eigenvalue weighted by atomic mass is 16.8. The molecule has 0 unspecified atom stereocenters. The quantitative estimate of drug-likeness (QED) is 0.0399. The molecule has 0 saturated carbocycles. The van der Waals surface area contributed by atoms with E-state index < -0.39 is 225 Å². The molecule has 5 amide bonds. The second-order valence-electron chi connectivity index (χ2n) is 23.3. The zero-order valence-corrected chi connectivity index (χ0v) is 55.3. The second-order valence-corrected chi connectivity index (χ2v) is 23.3. The topological polar surface area (TPSA) is 422 Å². The number of rotatable bonds is 26. The fourth-order valence-electron chi connectivity index (χ4n) is 11.8. The number of hydrogen-bond acceptors (Lipinski definition) is 29. The smallest absolute Gasteiger partial charge is 0.305 e. The first-order valence-electron chi connectivity index (χ1n) is 30.6. The lowest BCUT2D eigenvalue weighted by Crippen LogP contribution is -2.72. The van der Waals surface area contributed by atoms with Gasteiger partial charge in [-0.2, -0.15) is 0 Å². The molecule has 0 spiro atoms. The number of unbranched alkanes of at least 4 members (excludes halogenated alkanes) is 2. The van der Waals surface area contributed by atoms with Crippen LogP contribution in [0.25, 0.3) is 0 Å². The van der Waals surface area contributed by atoms with Crippen LogP contribution >= 0.6 is 0 Å². The third-order valence-electron chi connectivity index (χ3n) is 15.4. The summed E-state index contributed by atoms with van der Waals surface area (Å²) in [7, 11) is 1.28. The number of carbonyl (C=O) groups excluding carboxylic acids is 12. The van der Waals surface area contributed by atoms with Crippen LogP contribution in [-0.4, -0.2) is 238 Å². The molecule has 0 aliphatic carbocycles. The summed E-state index contributed by atoms with van der Waals surface area (Å²) in [6, 6.07) is -6.29. The van der Waals surface area contributed by atoms with Gasteiger partial charge in [-0.1, -0.05) is 6.42 Å². The molecule has 34 heteroatoms. The van der Waals surface area contributed by atoms with Gasteiger partial charge < -0.3 is 107 Å². The van der Waals surface area contributed by atoms with Gasteiger partial charge in [0.05, 0.1) is 67.8 Å². The molecule has 0 aromatic rings. The minimum Gasteiger partial charge on any atom is -0.469 e. The van der Waals surface area contributed by atoms with E-state index in [0.29, 0.717) is 19.3 Å². The molecule has 5 fully saturated rings. The van der Waals surface area contributed by atoms with Crippen molar-refractivity contribution in [3.8, 4) is 0 Å². The summed E-state index contributed by atoms with van der Waals surface area (Å²) < 4.78 is 105. The molecule has 5 aliphatic heterocycles. The summed E-state index contributed by atoms with van der Waals surface area (Å²) >= 11 is 0. The lowest BCUT2D eigenvalue weighted by molar-refractivity contribution is -0.380. The molecular formula is C59H91N5O29. The zero-order chi connectivity index (χ0) is 69.5. The van der Waals surface area contributed by atoms with Gasteiger partial charge >= 0.3 is 41.8 Å². The Labute approximate surface area is 537 Å². The van der Waals surface area contributed by atoms with Crippen molar-refractivity contribution in [3.05, 3.63) is 0 Å². The first kappa shape index (κ1) is 76.9. The fourth-order valence-corrected chi connectivity index (χ4v) is 11.8. The molecule has 5 rings (SSSR count). The number of carbonyl (C=O) groups is 12. The van der Waals surface area contributed by atoms with Crippen LogP contribution in [0.4, 0.5) is 0 Å². The van der Waals surface area contributed by atoms with Gasteiger partial charge in [0.15, 0.2) is 74.2 Å². The van der Waals surface area contributed by atoms with E-state index in [-0.39, 0.29) is 13.0 Å². The van der Waals surface area contributed by atoms with Gasteiger partial charge in [-0.3, -0.25) is 57.5 Å². The fraction of sp³-hybridized carbons (Fsp3) is 0.797. The number of amides is 5. The molecule has 5 saturated heterocycles. The minimum atomic E-state index is -1.94. The molecular weight excluding hydrogens is 1240 g/mol. The zero-order valence-electron chi connectivity index (χ0n) is 55.3. The van der Waals surface area contributed by atoms with Crippen LogP contribution in [0, 0.1) is 0 Å². The maximum Gasteiger partial charge on any atom is 0.305 e. The highest BCUT2D eigenvalue weighted by Crippen LogP contribution is 2.40. The summed E-state index contributed by atoms with van der Waals surface area (Å²) in [6.07, 6.45) is -29.7. The van der Waals surface area contributed by atoms with Crippen LogP contribution in [0.3, 0.4) is 0 Å². The number of esters is 7. The van der Waals surface area contributed by atoms with E-state index in [2.05, 4.69) is 26.6 Å². The SMILES string of the molecule is COC(=O)CCCCCO[C@H]1O[C@H](C)[C@@H](NC(C)=O)[C@H](O[C@H]2O[C@H](C)[C@@H](NC(C)=O)[C@H](O[C@H]3O[C@H](C)[C@@H](NC(C)=O)[C@H](OC(C)=O)[C@@H]3O[C@H]3O[C@H](C)[C@@H](NC(C)=O)[C@H](O[C@H]4O[C@H](C)[C@@H](NC(C)=O)[C@H](OC(C)=O)[C@@H]4OC(C)=O)[C@@H]3OC(C)=O)[C@@H]2OC(C)=O)[C@@H]1OC(C)=O. The van der Waals surface area contributed by atoms with Crippen molar-refractivity contribution < 1.29 is 138 Å². The summed E-state index contributed by atoms with van der Waals surface area (Å²) in [5.41, 5.74) is 0. The summed E-state index contributed by atoms with van der Waals surface area (Å²) in [5, 5.41) is 13.6. The molecule has 34 nitrogen and oxygen atoms in total. The third kappa shape index (κ3) is 21.9. The van der Waals surface area contributed by atoms with Gasteiger partial charge in [0.1, 0.15) is 18.3 Å². The third-order valence-corrected chi connectivity index (χ3v) is 15.4. The standard InChI is InChI=1S/C59H91N5O29/c1-23-42(62-30(8)67)47(50(86-35(13)72)55(79-23)78-22-20-18-19-21-39(76)77-17)90-57-52(88-37(15)74)48(43(26(4)81-57)63-31(9)68)92-59-54(46(85-34(12)71)41(25(3)83-59)61-29(7)66)93-58-53(89-38(16)75)49(44(27(5)82-58)64-32(10)69)91-56-51(87-36(14)73)45(84-33(11)70)40(24(2)80-56)60-28(6)65/h23-27,40-59H,18-22H2,1-17H3,(H,60,65)(H,61,66)(H,62,67)(H,63,68)(H,64,69)/t23-,24-,25-,26-,27-,40-,41-,42-,43-,44-,45+,46+,47+,48+,49+,50+,51+,52+,53+,54+,55+,56-,57-,58-,59-/m1/s1. The first-order chi connectivity index (χ1) is 43.6. The monoisotopic (exact) mass is 1330 g/mol. The Balaban J connectivity index is 1.68. The van der Waals surface area contributed by atoms with Gasteiger partial charge in [-0.05, 0) is 47.5 Å². The lowest BCUT2D eigenvalue weighted by Gasteiger charge is -2.52. The Hall–Kier alpha value is -6.76. The van der Waals surface area contributed by atoms with Crippen LogP contribution in [0.2, 0.25) is 0 Å². The van der Waals surface area contributed by atoms with Gasteiger partial charge in [0.25, 0.3) is 0 Å². The van der Waals surface area contributed by atoms with E-state index in [0.717, 1.165) is 48.5 Å². The molecule has 0 aromatic heterocycles. The van der Waals surface area contributed by atoms with Crippen LogP contribution in [0.1, 0.15) is 136 Å². The van der Waals surface area contributed by atoms with Crippen molar-refractivity contribution >= 4 is 71.3 Å². The van der Waals surface area contributed by atoms with Gasteiger partial charge in [-0.25, -0.2) is 0 Å². The second kappa shape index (κ2) is 35.1. The highest BCUT2D eigenvalue weighted by Gasteiger charge is 2.60. The van der Waals surface area contributed by atoms with Crippen LogP contribution in [0.5, 0.6) is 0 Å². The van der Waals surface area contributed by atoms with Crippen LogP contribution in [0.15, 0.2) is 0 Å². The number of ether oxygens (including phenoxy) is 17. The van der Waals surface area contributed by atoms with Gasteiger partial charge in [-0.15, -0.1) is 0 Å². The first-order valence-corrected chi connectivity index (χ1v) is 30.6. The summed E-state index contributed by atoms with van der Waals surface area (Å²) in [4.78, 5) is 156. The Morgan fingerprint density at radius 2 is 0.538 bits per heavy atom. The largest absolute Gasteiger partial charge is 0.469 e. The van der Waals surface area contributed by atoms with Crippen molar-refractivity contribution in [2.24, 2.45) is 0 Å². The van der Waals surface area contributed by atoms with Crippen LogP contribution in [-0.2, 0) is 138 Å². The van der Waals surface area contributed by atoms with E-state index in [1.165, 1.54) is 62.5 Å². The normalized spacial score (nSPS) is 35.8. The summed E-state index contributed by atoms with van der Waals surface area (Å²) in [5.74, 6) is -9.04. The molecule has 0 aromatic carbocycles. The van der Waals surface area contributed by atoms with Crippen molar-refractivity contribution in [2.45, 2.75) is 290 Å². The average molecular weight is 1330 g/mol. The van der Waals surface area contributed by atoms with Gasteiger partial charge in [0, 0.05) is 89.2 Å². The Morgan fingerprint density at radius 3 is 0.828 bits per heavy atom. The number of nitrogens with one attached hydrogen (secondary N) is 5. The highest BCUT2D eigenvalue weighted by molar-refractivity contribution is 5.76. The van der Waals surface area contributed by atoms with Gasteiger partial charge in [0.2, 0.25) is 29.5 Å². The molecule has 5 heterocycles. The van der Waals surface area contributed by atoms with Crippen molar-refractivity contribution in [1.29, 1.82) is 0 Å². The van der Waals surface area contributed by atoms with E-state index in [1.807, 2.05) is 0 Å². The van der Waals surface area contributed by atoms with Crippen molar-refractivity contribution in [2.75, 3.05) is 13.7 Å². The maximum absolute atomic E-state index is 13.5. The molecule has 526 valence electrons. The lowest BCUT2D eigenvalue weighted by atomic mass is 9.92. The van der Waals surface area contributed by atoms with E-state index in [4.69, 9.17) is 80.5 Å². The molecule has 25 atom stereocenters. The molecule has 0 bridgehead atoms. The Morgan fingerprint density at radius 1 is 0.301 bits per heavy atom. The maximum atomic E-state index is 13.5. The van der Waals surface area contributed by atoms with E-state index in [1.54, 1.807) is 6.92 Å². The predicted molar refractivity (Wildman–Crippen MR) is 309 cm³/mol. The predicted octanol–water partition coefficient (Wildman–Crippen LogP) is -0.885. The van der Waals surface area contributed by atoms with Crippen LogP contribution < -0.4 is 26.6 Å². The molecule has 93 heavy (non-hydrogen) atoms. The Bertz CT molecular complexity index is 2650. The van der Waals surface area contributed by atoms with E-state index >= 15 is 0 Å². The average Bonchev–Trinajstić information content (AvgIpc) is 0.785. The number of hydrogen-bond donors (Lipinski definition) is 5. The number of methoxy groups -OCH3 is 1. The Kier molecular flexibility index (Phi) is 29.1.